The highest BCUT2D eigenvalue weighted by Gasteiger charge is 2.27. The number of sulfonamides is 1. The number of nitrogens with zero attached hydrogens (tertiary/aromatic N) is 2. The molecule has 0 saturated heterocycles. The Bertz CT molecular complexity index is 1310. The van der Waals surface area contributed by atoms with Crippen LogP contribution in [0.2, 0.25) is 0 Å². The molecule has 0 heterocycles. The van der Waals surface area contributed by atoms with E-state index in [0.717, 1.165) is 9.87 Å². The molecule has 0 spiro atoms. The molecule has 0 atom stereocenters. The van der Waals surface area contributed by atoms with Crippen LogP contribution in [-0.4, -0.2) is 47.9 Å². The summed E-state index contributed by atoms with van der Waals surface area (Å²) in [5, 5.41) is 3.96. The first kappa shape index (κ1) is 26.6. The van der Waals surface area contributed by atoms with E-state index in [2.05, 4.69) is 10.5 Å². The average Bonchev–Trinajstić information content (AvgIpc) is 2.88. The zero-order valence-electron chi connectivity index (χ0n) is 20.6. The molecule has 36 heavy (non-hydrogen) atoms. The van der Waals surface area contributed by atoms with Gasteiger partial charge in [-0.05, 0) is 74.0 Å². The summed E-state index contributed by atoms with van der Waals surface area (Å²) < 4.78 is 43.9. The summed E-state index contributed by atoms with van der Waals surface area (Å²) in [4.78, 5) is 12.8. The largest absolute Gasteiger partial charge is 0.494 e. The highest BCUT2D eigenvalue weighted by molar-refractivity contribution is 7.92. The molecule has 0 aliphatic rings. The van der Waals surface area contributed by atoms with Gasteiger partial charge < -0.3 is 14.2 Å². The first-order valence-corrected chi connectivity index (χ1v) is 12.6. The molecule has 0 aromatic heterocycles. The van der Waals surface area contributed by atoms with Gasteiger partial charge in [-0.3, -0.25) is 9.10 Å². The third-order valence-electron chi connectivity index (χ3n) is 5.14. The quantitative estimate of drug-likeness (QED) is 0.310. The van der Waals surface area contributed by atoms with Gasteiger partial charge in [0.05, 0.1) is 37.6 Å². The van der Waals surface area contributed by atoms with Gasteiger partial charge in [-0.15, -0.1) is 0 Å². The number of aryl methyl sites for hydroxylation is 1. The lowest BCUT2D eigenvalue weighted by Gasteiger charge is -2.24. The van der Waals surface area contributed by atoms with E-state index in [4.69, 9.17) is 14.2 Å². The number of carbonyl (C=O) groups is 1. The van der Waals surface area contributed by atoms with Gasteiger partial charge in [0.25, 0.3) is 15.9 Å². The summed E-state index contributed by atoms with van der Waals surface area (Å²) in [6.07, 6.45) is 1.43. The van der Waals surface area contributed by atoms with Gasteiger partial charge >= 0.3 is 0 Å². The Morgan fingerprint density at radius 3 is 2.25 bits per heavy atom. The number of carbonyl (C=O) groups excluding carboxylic acids is 1. The Hall–Kier alpha value is -4.05. The first-order valence-electron chi connectivity index (χ1n) is 11.1. The summed E-state index contributed by atoms with van der Waals surface area (Å²) in [5.74, 6) is 1.02. The van der Waals surface area contributed by atoms with Crippen LogP contribution < -0.4 is 23.9 Å². The highest BCUT2D eigenvalue weighted by Crippen LogP contribution is 2.27. The number of hydrazone groups is 1. The van der Waals surface area contributed by atoms with E-state index in [1.807, 2.05) is 13.8 Å². The van der Waals surface area contributed by atoms with Crippen LogP contribution in [0, 0.1) is 6.92 Å². The fourth-order valence-corrected chi connectivity index (χ4v) is 4.73. The third kappa shape index (κ3) is 6.54. The van der Waals surface area contributed by atoms with E-state index in [0.29, 0.717) is 35.1 Å². The summed E-state index contributed by atoms with van der Waals surface area (Å²) in [7, 11) is -0.999. The van der Waals surface area contributed by atoms with E-state index in [1.165, 1.54) is 32.6 Å². The summed E-state index contributed by atoms with van der Waals surface area (Å²) >= 11 is 0. The average molecular weight is 512 g/mol. The SMILES string of the molecule is CCOc1ccc(S(=O)(=O)N(CC(=O)N/N=C\c2ccc(OC)c(OC)c2)c2ccc(C)cc2)cc1. The summed E-state index contributed by atoms with van der Waals surface area (Å²) in [5.41, 5.74) is 4.36. The molecule has 0 radical (unpaired) electrons. The molecule has 0 aliphatic carbocycles. The monoisotopic (exact) mass is 511 g/mol. The number of benzene rings is 3. The van der Waals surface area contributed by atoms with Gasteiger partial charge in [-0.1, -0.05) is 17.7 Å². The molecule has 1 N–H and O–H groups in total. The molecule has 3 aromatic rings. The zero-order chi connectivity index (χ0) is 26.1. The molecule has 0 aliphatic heterocycles. The Labute approximate surface area is 211 Å². The molecule has 0 saturated carbocycles. The van der Waals surface area contributed by atoms with E-state index < -0.39 is 22.5 Å². The number of ether oxygens (including phenoxy) is 3. The Balaban J connectivity index is 1.81. The minimum atomic E-state index is -4.05. The molecule has 9 nitrogen and oxygen atoms in total. The number of hydrogen-bond donors (Lipinski definition) is 1. The van der Waals surface area contributed by atoms with Crippen molar-refractivity contribution in [3.8, 4) is 17.2 Å². The van der Waals surface area contributed by atoms with Crippen LogP contribution in [0.5, 0.6) is 17.2 Å². The second-order valence-corrected chi connectivity index (χ2v) is 9.52. The maximum Gasteiger partial charge on any atom is 0.264 e. The lowest BCUT2D eigenvalue weighted by atomic mass is 10.2. The molecular weight excluding hydrogens is 482 g/mol. The maximum absolute atomic E-state index is 13.5. The van der Waals surface area contributed by atoms with Gasteiger partial charge in [-0.2, -0.15) is 5.10 Å². The Morgan fingerprint density at radius 1 is 0.972 bits per heavy atom. The zero-order valence-corrected chi connectivity index (χ0v) is 21.4. The minimum Gasteiger partial charge on any atom is -0.494 e. The van der Waals surface area contributed by atoms with E-state index >= 15 is 0 Å². The maximum atomic E-state index is 13.5. The molecular formula is C26H29N3O6S. The molecule has 0 fully saturated rings. The lowest BCUT2D eigenvalue weighted by Crippen LogP contribution is -2.39. The topological polar surface area (TPSA) is 107 Å². The van der Waals surface area contributed by atoms with Crippen molar-refractivity contribution in [2.24, 2.45) is 5.10 Å². The predicted molar refractivity (Wildman–Crippen MR) is 139 cm³/mol. The lowest BCUT2D eigenvalue weighted by molar-refractivity contribution is -0.119. The van der Waals surface area contributed by atoms with Crippen molar-refractivity contribution >= 4 is 27.8 Å². The van der Waals surface area contributed by atoms with E-state index in [-0.39, 0.29) is 4.90 Å². The van der Waals surface area contributed by atoms with Crippen molar-refractivity contribution in [1.82, 2.24) is 5.43 Å². The standard InChI is InChI=1S/C26H29N3O6S/c1-5-35-22-11-13-23(14-12-22)36(31,32)29(21-9-6-19(2)7-10-21)18-26(30)28-27-17-20-8-15-24(33-3)25(16-20)34-4/h6-17H,5,18H2,1-4H3,(H,28,30)/b27-17-. The predicted octanol–water partition coefficient (Wildman–Crippen LogP) is 3.76. The van der Waals surface area contributed by atoms with Gasteiger partial charge in [0.15, 0.2) is 11.5 Å². The van der Waals surface area contributed by atoms with Crippen molar-refractivity contribution in [2.75, 3.05) is 31.7 Å². The molecule has 1 amide bonds. The number of methoxy groups -OCH3 is 2. The Morgan fingerprint density at radius 2 is 1.64 bits per heavy atom. The van der Waals surface area contributed by atoms with Gasteiger partial charge in [0, 0.05) is 0 Å². The molecule has 0 unspecified atom stereocenters. The van der Waals surface area contributed by atoms with Crippen molar-refractivity contribution in [2.45, 2.75) is 18.7 Å². The van der Waals surface area contributed by atoms with E-state index in [9.17, 15) is 13.2 Å². The normalized spacial score (nSPS) is 11.2. The fraction of sp³-hybridized carbons (Fsp3) is 0.231. The number of nitrogens with one attached hydrogen (secondary N) is 1. The number of rotatable bonds is 11. The number of amides is 1. The first-order chi connectivity index (χ1) is 17.3. The smallest absolute Gasteiger partial charge is 0.264 e. The molecule has 190 valence electrons. The molecule has 3 rings (SSSR count). The van der Waals surface area contributed by atoms with Crippen molar-refractivity contribution in [3.05, 3.63) is 77.9 Å². The second-order valence-electron chi connectivity index (χ2n) is 7.66. The van der Waals surface area contributed by atoms with Crippen molar-refractivity contribution in [3.63, 3.8) is 0 Å². The van der Waals surface area contributed by atoms with Gasteiger partial charge in [0.1, 0.15) is 12.3 Å². The number of hydrogen-bond acceptors (Lipinski definition) is 7. The summed E-state index contributed by atoms with van der Waals surface area (Å²) in [6, 6.07) is 18.1. The van der Waals surface area contributed by atoms with Crippen LogP contribution in [0.25, 0.3) is 0 Å². The van der Waals surface area contributed by atoms with Crippen LogP contribution in [0.15, 0.2) is 76.7 Å². The van der Waals surface area contributed by atoms with Crippen molar-refractivity contribution in [1.29, 1.82) is 0 Å². The Kier molecular flexibility index (Phi) is 8.91. The molecule has 10 heteroatoms. The minimum absolute atomic E-state index is 0.0353. The van der Waals surface area contributed by atoms with E-state index in [1.54, 1.807) is 54.6 Å². The van der Waals surface area contributed by atoms with Crippen LogP contribution in [0.3, 0.4) is 0 Å². The third-order valence-corrected chi connectivity index (χ3v) is 6.93. The van der Waals surface area contributed by atoms with Crippen LogP contribution in [0.1, 0.15) is 18.1 Å². The fourth-order valence-electron chi connectivity index (χ4n) is 3.31. The van der Waals surface area contributed by atoms with Crippen LogP contribution in [-0.2, 0) is 14.8 Å². The van der Waals surface area contributed by atoms with Crippen LogP contribution >= 0.6 is 0 Å². The summed E-state index contributed by atoms with van der Waals surface area (Å²) in [6.45, 7) is 3.73. The van der Waals surface area contributed by atoms with Crippen molar-refractivity contribution < 1.29 is 27.4 Å². The second kappa shape index (κ2) is 12.1. The molecule has 0 bridgehead atoms. The number of anilines is 1. The van der Waals surface area contributed by atoms with Crippen LogP contribution in [0.4, 0.5) is 5.69 Å². The van der Waals surface area contributed by atoms with Gasteiger partial charge in [-0.25, -0.2) is 13.8 Å². The highest BCUT2D eigenvalue weighted by atomic mass is 32.2. The van der Waals surface area contributed by atoms with Gasteiger partial charge in [0.2, 0.25) is 0 Å². The molecule has 3 aromatic carbocycles.